The van der Waals surface area contributed by atoms with Crippen LogP contribution in [0.25, 0.3) is 0 Å². The molecule has 0 amide bonds. The van der Waals surface area contributed by atoms with E-state index in [9.17, 15) is 0 Å². The zero-order valence-electron chi connectivity index (χ0n) is 10.1. The summed E-state index contributed by atoms with van der Waals surface area (Å²) in [6, 6.07) is 5.85. The van der Waals surface area contributed by atoms with Crippen molar-refractivity contribution in [2.75, 3.05) is 26.9 Å². The molecular formula is C13H19NO3. The maximum absolute atomic E-state index is 5.87. The maximum Gasteiger partial charge on any atom is 0.127 e. The number of nitrogens with two attached hydrogens (primary N) is 1. The second-order valence-corrected chi connectivity index (χ2v) is 4.17. The van der Waals surface area contributed by atoms with E-state index in [1.54, 1.807) is 7.11 Å². The van der Waals surface area contributed by atoms with Crippen molar-refractivity contribution in [3.8, 4) is 11.5 Å². The summed E-state index contributed by atoms with van der Waals surface area (Å²) in [5.41, 5.74) is 6.94. The highest BCUT2D eigenvalue weighted by atomic mass is 16.5. The van der Waals surface area contributed by atoms with Gasteiger partial charge in [-0.2, -0.15) is 0 Å². The first-order valence-electron chi connectivity index (χ1n) is 5.95. The summed E-state index contributed by atoms with van der Waals surface area (Å²) in [7, 11) is 1.71. The molecule has 0 radical (unpaired) electrons. The average molecular weight is 237 g/mol. The highest BCUT2D eigenvalue weighted by Crippen LogP contribution is 2.33. The van der Waals surface area contributed by atoms with Crippen molar-refractivity contribution in [2.45, 2.75) is 18.9 Å². The molecule has 1 unspecified atom stereocenters. The van der Waals surface area contributed by atoms with Crippen LogP contribution in [-0.2, 0) is 4.74 Å². The lowest BCUT2D eigenvalue weighted by Crippen LogP contribution is -2.10. The van der Waals surface area contributed by atoms with E-state index in [2.05, 4.69) is 0 Å². The van der Waals surface area contributed by atoms with Gasteiger partial charge in [0.05, 0.1) is 12.6 Å². The predicted molar refractivity (Wildman–Crippen MR) is 65.5 cm³/mol. The Bertz CT molecular complexity index is 368. The molecule has 1 aliphatic heterocycles. The summed E-state index contributed by atoms with van der Waals surface area (Å²) in [6.45, 7) is 2.05. The van der Waals surface area contributed by atoms with Gasteiger partial charge < -0.3 is 19.9 Å². The molecule has 2 N–H and O–H groups in total. The third-order valence-corrected chi connectivity index (χ3v) is 2.81. The first-order valence-corrected chi connectivity index (χ1v) is 5.95. The smallest absolute Gasteiger partial charge is 0.127 e. The number of hydrogen-bond donors (Lipinski definition) is 1. The van der Waals surface area contributed by atoms with Gasteiger partial charge in [-0.3, -0.25) is 0 Å². The van der Waals surface area contributed by atoms with Crippen LogP contribution in [0.15, 0.2) is 18.2 Å². The topological polar surface area (TPSA) is 53.7 Å². The molecule has 0 fully saturated rings. The Kier molecular flexibility index (Phi) is 4.23. The number of ether oxygens (including phenoxy) is 3. The van der Waals surface area contributed by atoms with Gasteiger partial charge in [-0.1, -0.05) is 0 Å². The number of hydrogen-bond acceptors (Lipinski definition) is 4. The van der Waals surface area contributed by atoms with Crippen LogP contribution in [-0.4, -0.2) is 26.9 Å². The largest absolute Gasteiger partial charge is 0.493 e. The Balaban J connectivity index is 1.82. The number of methoxy groups -OCH3 is 1. The van der Waals surface area contributed by atoms with Crippen LogP contribution in [0.3, 0.4) is 0 Å². The fraction of sp³-hybridized carbons (Fsp3) is 0.538. The molecule has 0 bridgehead atoms. The lowest BCUT2D eigenvalue weighted by molar-refractivity contribution is 0.184. The van der Waals surface area contributed by atoms with E-state index in [0.717, 1.165) is 36.5 Å². The molecule has 1 aromatic rings. The highest BCUT2D eigenvalue weighted by Gasteiger charge is 2.20. The monoisotopic (exact) mass is 237 g/mol. The van der Waals surface area contributed by atoms with E-state index < -0.39 is 0 Å². The van der Waals surface area contributed by atoms with E-state index in [1.165, 1.54) is 0 Å². The lowest BCUT2D eigenvalue weighted by atomic mass is 10.1. The first kappa shape index (κ1) is 12.2. The summed E-state index contributed by atoms with van der Waals surface area (Å²) < 4.78 is 16.1. The fourth-order valence-electron chi connectivity index (χ4n) is 1.84. The van der Waals surface area contributed by atoms with Crippen LogP contribution >= 0.6 is 0 Å². The van der Waals surface area contributed by atoms with Crippen LogP contribution in [0.4, 0.5) is 0 Å². The second kappa shape index (κ2) is 5.89. The molecule has 1 aromatic carbocycles. The van der Waals surface area contributed by atoms with Gasteiger partial charge in [0.1, 0.15) is 18.1 Å². The molecule has 1 aliphatic rings. The van der Waals surface area contributed by atoms with Gasteiger partial charge in [-0.15, -0.1) is 0 Å². The number of fused-ring (bicyclic) bond motifs is 1. The average Bonchev–Trinajstić information content (AvgIpc) is 2.71. The van der Waals surface area contributed by atoms with E-state index in [0.29, 0.717) is 13.2 Å². The molecule has 0 aromatic heterocycles. The van der Waals surface area contributed by atoms with Crippen molar-refractivity contribution in [3.05, 3.63) is 23.8 Å². The van der Waals surface area contributed by atoms with Gasteiger partial charge in [-0.25, -0.2) is 0 Å². The molecule has 0 saturated carbocycles. The minimum Gasteiger partial charge on any atom is -0.493 e. The normalized spacial score (nSPS) is 17.6. The van der Waals surface area contributed by atoms with E-state index in [4.69, 9.17) is 19.9 Å². The fourth-order valence-corrected chi connectivity index (χ4v) is 1.84. The SMILES string of the molecule is COCCCCOc1ccc2c(c1)OCC2N. The summed E-state index contributed by atoms with van der Waals surface area (Å²) in [5.74, 6) is 1.70. The molecule has 0 saturated heterocycles. The zero-order valence-corrected chi connectivity index (χ0v) is 10.1. The van der Waals surface area contributed by atoms with Gasteiger partial charge in [0.25, 0.3) is 0 Å². The minimum atomic E-state index is 0.000697. The Labute approximate surface area is 102 Å². The first-order chi connectivity index (χ1) is 8.31. The van der Waals surface area contributed by atoms with Crippen molar-refractivity contribution in [1.29, 1.82) is 0 Å². The number of unbranched alkanes of at least 4 members (excludes halogenated alkanes) is 1. The molecule has 0 aliphatic carbocycles. The molecule has 1 heterocycles. The molecular weight excluding hydrogens is 218 g/mol. The van der Waals surface area contributed by atoms with Crippen molar-refractivity contribution < 1.29 is 14.2 Å². The van der Waals surface area contributed by atoms with Crippen LogP contribution < -0.4 is 15.2 Å². The van der Waals surface area contributed by atoms with Crippen molar-refractivity contribution in [2.24, 2.45) is 5.73 Å². The quantitative estimate of drug-likeness (QED) is 0.768. The lowest BCUT2D eigenvalue weighted by Gasteiger charge is -2.07. The summed E-state index contributed by atoms with van der Waals surface area (Å²) in [5, 5.41) is 0. The van der Waals surface area contributed by atoms with E-state index in [-0.39, 0.29) is 6.04 Å². The third-order valence-electron chi connectivity index (χ3n) is 2.81. The predicted octanol–water partition coefficient (Wildman–Crippen LogP) is 1.88. The van der Waals surface area contributed by atoms with E-state index >= 15 is 0 Å². The van der Waals surface area contributed by atoms with Crippen molar-refractivity contribution >= 4 is 0 Å². The Morgan fingerprint density at radius 2 is 2.18 bits per heavy atom. The van der Waals surface area contributed by atoms with Gasteiger partial charge in [0.2, 0.25) is 0 Å². The van der Waals surface area contributed by atoms with Crippen LogP contribution in [0, 0.1) is 0 Å². The Hall–Kier alpha value is -1.26. The van der Waals surface area contributed by atoms with Gasteiger partial charge >= 0.3 is 0 Å². The minimum absolute atomic E-state index is 0.000697. The molecule has 94 valence electrons. The summed E-state index contributed by atoms with van der Waals surface area (Å²) in [4.78, 5) is 0. The summed E-state index contributed by atoms with van der Waals surface area (Å²) >= 11 is 0. The Morgan fingerprint density at radius 1 is 1.35 bits per heavy atom. The zero-order chi connectivity index (χ0) is 12.1. The van der Waals surface area contributed by atoms with Gasteiger partial charge in [0, 0.05) is 25.3 Å². The molecule has 4 heteroatoms. The standard InChI is InChI=1S/C13H19NO3/c1-15-6-2-3-7-16-10-4-5-11-12(14)9-17-13(11)8-10/h4-5,8,12H,2-3,6-7,9,14H2,1H3. The van der Waals surface area contributed by atoms with Crippen LogP contribution in [0.2, 0.25) is 0 Å². The number of rotatable bonds is 6. The molecule has 17 heavy (non-hydrogen) atoms. The molecule has 0 spiro atoms. The van der Waals surface area contributed by atoms with Crippen molar-refractivity contribution in [3.63, 3.8) is 0 Å². The van der Waals surface area contributed by atoms with Crippen molar-refractivity contribution in [1.82, 2.24) is 0 Å². The van der Waals surface area contributed by atoms with Gasteiger partial charge in [-0.05, 0) is 25.0 Å². The second-order valence-electron chi connectivity index (χ2n) is 4.17. The van der Waals surface area contributed by atoms with E-state index in [1.807, 2.05) is 18.2 Å². The van der Waals surface area contributed by atoms with Gasteiger partial charge in [0.15, 0.2) is 0 Å². The number of benzene rings is 1. The van der Waals surface area contributed by atoms with Crippen LogP contribution in [0.5, 0.6) is 11.5 Å². The molecule has 2 rings (SSSR count). The Morgan fingerprint density at radius 3 is 3.00 bits per heavy atom. The van der Waals surface area contributed by atoms with Crippen LogP contribution in [0.1, 0.15) is 24.4 Å². The molecule has 4 nitrogen and oxygen atoms in total. The molecule has 1 atom stereocenters. The highest BCUT2D eigenvalue weighted by molar-refractivity contribution is 5.44. The maximum atomic E-state index is 5.87. The third kappa shape index (κ3) is 3.11. The summed E-state index contributed by atoms with van der Waals surface area (Å²) in [6.07, 6.45) is 2.01.